The van der Waals surface area contributed by atoms with Crippen molar-refractivity contribution in [3.05, 3.63) is 72.3 Å². The number of ether oxygens (including phenoxy) is 2. The maximum absolute atomic E-state index is 12.6. The second kappa shape index (κ2) is 12.4. The Labute approximate surface area is 228 Å². The van der Waals surface area contributed by atoms with Crippen molar-refractivity contribution < 1.29 is 14.3 Å². The van der Waals surface area contributed by atoms with Crippen molar-refractivity contribution in [3.8, 4) is 11.5 Å². The van der Waals surface area contributed by atoms with Crippen molar-refractivity contribution in [2.45, 2.75) is 31.7 Å². The van der Waals surface area contributed by atoms with Gasteiger partial charge in [-0.2, -0.15) is 0 Å². The molecule has 3 aromatic carbocycles. The van der Waals surface area contributed by atoms with E-state index in [1.165, 1.54) is 0 Å². The van der Waals surface area contributed by atoms with E-state index in [1.807, 2.05) is 60.7 Å². The van der Waals surface area contributed by atoms with Gasteiger partial charge in [0, 0.05) is 36.1 Å². The Bertz CT molecular complexity index is 1420. The number of carbonyl (C=O) groups excluding carboxylic acids is 1. The fourth-order valence-electron chi connectivity index (χ4n) is 4.66. The number of fused-ring (bicyclic) bond motifs is 1. The van der Waals surface area contributed by atoms with E-state index in [4.69, 9.17) is 19.4 Å². The van der Waals surface area contributed by atoms with Crippen LogP contribution in [0.15, 0.2) is 66.7 Å². The van der Waals surface area contributed by atoms with Gasteiger partial charge in [0.1, 0.15) is 11.5 Å². The van der Waals surface area contributed by atoms with Gasteiger partial charge in [0.15, 0.2) is 11.6 Å². The van der Waals surface area contributed by atoms with E-state index in [0.717, 1.165) is 60.2 Å². The summed E-state index contributed by atoms with van der Waals surface area (Å²) in [6.07, 6.45) is 3.82. The number of benzene rings is 3. The zero-order valence-corrected chi connectivity index (χ0v) is 22.3. The largest absolute Gasteiger partial charge is 0.497 e. The number of carbonyl (C=O) groups is 1. The van der Waals surface area contributed by atoms with Crippen molar-refractivity contribution in [1.82, 2.24) is 15.3 Å². The van der Waals surface area contributed by atoms with Crippen LogP contribution in [0.2, 0.25) is 0 Å². The number of nitrogens with one attached hydrogen (secondary N) is 4. The molecule has 9 heteroatoms. The highest BCUT2D eigenvalue weighted by molar-refractivity contribution is 5.95. The Morgan fingerprint density at radius 2 is 1.64 bits per heavy atom. The molecule has 1 unspecified atom stereocenters. The van der Waals surface area contributed by atoms with Gasteiger partial charge in [-0.15, -0.1) is 0 Å². The lowest BCUT2D eigenvalue weighted by atomic mass is 10.0. The number of para-hydroxylation sites is 2. The number of methoxy groups -OCH3 is 2. The van der Waals surface area contributed by atoms with Crippen LogP contribution in [0.5, 0.6) is 11.5 Å². The topological polar surface area (TPSA) is 109 Å². The molecule has 4 aromatic rings. The zero-order valence-electron chi connectivity index (χ0n) is 22.3. The standard InChI is InChI=1S/C30H34N6O3/c1-38-23-17-22(18-24(19-23)39-2)33-29-28(35-25-10-3-4-11-26(25)36-29)32-15-13-20-8-7-9-21(16-20)34-30(37)27-12-5-6-14-31-27/h3-4,7-11,16-19,27,31H,5-6,12-15H2,1-2H3,(H,32,35)(H,33,36)(H,34,37). The highest BCUT2D eigenvalue weighted by atomic mass is 16.5. The second-order valence-electron chi connectivity index (χ2n) is 9.50. The number of hydrogen-bond donors (Lipinski definition) is 4. The summed E-state index contributed by atoms with van der Waals surface area (Å²) in [4.78, 5) is 22.3. The number of hydrogen-bond acceptors (Lipinski definition) is 8. The van der Waals surface area contributed by atoms with Gasteiger partial charge in [-0.05, 0) is 55.6 Å². The van der Waals surface area contributed by atoms with Crippen LogP contribution < -0.4 is 30.7 Å². The number of rotatable bonds is 10. The van der Waals surface area contributed by atoms with Crippen LogP contribution in [0.3, 0.4) is 0 Å². The molecule has 0 radical (unpaired) electrons. The molecule has 5 rings (SSSR count). The normalized spacial score (nSPS) is 15.0. The summed E-state index contributed by atoms with van der Waals surface area (Å²) in [5.74, 6) is 2.62. The van der Waals surface area contributed by atoms with E-state index in [1.54, 1.807) is 14.2 Å². The average molecular weight is 527 g/mol. The molecule has 0 spiro atoms. The molecule has 1 aliphatic rings. The molecule has 0 aliphatic carbocycles. The van der Waals surface area contributed by atoms with Gasteiger partial charge in [0.25, 0.3) is 0 Å². The van der Waals surface area contributed by atoms with Gasteiger partial charge in [-0.1, -0.05) is 30.7 Å². The smallest absolute Gasteiger partial charge is 0.241 e. The Morgan fingerprint density at radius 1 is 0.897 bits per heavy atom. The fourth-order valence-corrected chi connectivity index (χ4v) is 4.66. The first-order valence-corrected chi connectivity index (χ1v) is 13.3. The molecule has 1 saturated heterocycles. The lowest BCUT2D eigenvalue weighted by Crippen LogP contribution is -2.43. The Morgan fingerprint density at radius 3 is 2.33 bits per heavy atom. The van der Waals surface area contributed by atoms with Crippen molar-refractivity contribution in [3.63, 3.8) is 0 Å². The minimum atomic E-state index is -0.119. The first-order chi connectivity index (χ1) is 19.1. The van der Waals surface area contributed by atoms with Crippen molar-refractivity contribution >= 4 is 40.0 Å². The molecule has 4 N–H and O–H groups in total. The molecular formula is C30H34N6O3. The Balaban J connectivity index is 1.29. The molecule has 1 aromatic heterocycles. The van der Waals surface area contributed by atoms with E-state index in [9.17, 15) is 4.79 Å². The molecular weight excluding hydrogens is 492 g/mol. The molecule has 1 atom stereocenters. The maximum atomic E-state index is 12.6. The van der Waals surface area contributed by atoms with Gasteiger partial charge < -0.3 is 30.7 Å². The second-order valence-corrected chi connectivity index (χ2v) is 9.50. The van der Waals surface area contributed by atoms with Gasteiger partial charge in [-0.3, -0.25) is 4.79 Å². The summed E-state index contributed by atoms with van der Waals surface area (Å²) < 4.78 is 10.8. The third kappa shape index (κ3) is 6.74. The molecule has 202 valence electrons. The van der Waals surface area contributed by atoms with Crippen LogP contribution in [-0.2, 0) is 11.2 Å². The maximum Gasteiger partial charge on any atom is 0.241 e. The summed E-state index contributed by atoms with van der Waals surface area (Å²) in [6.45, 7) is 1.52. The SMILES string of the molecule is COc1cc(Nc2nc3ccccc3nc2NCCc2cccc(NC(=O)C3CCCCN3)c2)cc(OC)c1. The number of piperidine rings is 1. The zero-order chi connectivity index (χ0) is 27.0. The minimum Gasteiger partial charge on any atom is -0.497 e. The molecule has 9 nitrogen and oxygen atoms in total. The van der Waals surface area contributed by atoms with Crippen molar-refractivity contribution in [2.75, 3.05) is 43.3 Å². The van der Waals surface area contributed by atoms with E-state index < -0.39 is 0 Å². The lowest BCUT2D eigenvalue weighted by Gasteiger charge is -2.22. The Kier molecular flexibility index (Phi) is 8.38. The highest BCUT2D eigenvalue weighted by Crippen LogP contribution is 2.30. The molecule has 1 fully saturated rings. The summed E-state index contributed by atoms with van der Waals surface area (Å²) in [6, 6.07) is 21.2. The van der Waals surface area contributed by atoms with Gasteiger partial charge in [0.05, 0.1) is 31.3 Å². The van der Waals surface area contributed by atoms with E-state index in [2.05, 4.69) is 27.3 Å². The predicted octanol–water partition coefficient (Wildman–Crippen LogP) is 5.13. The molecule has 1 amide bonds. The van der Waals surface area contributed by atoms with Gasteiger partial charge in [0.2, 0.25) is 5.91 Å². The van der Waals surface area contributed by atoms with Crippen LogP contribution in [0.25, 0.3) is 11.0 Å². The number of amides is 1. The van der Waals surface area contributed by atoms with Crippen molar-refractivity contribution in [1.29, 1.82) is 0 Å². The molecule has 0 saturated carbocycles. The summed E-state index contributed by atoms with van der Waals surface area (Å²) in [5, 5.41) is 13.2. The third-order valence-corrected chi connectivity index (χ3v) is 6.71. The molecule has 0 bridgehead atoms. The number of anilines is 4. The van der Waals surface area contributed by atoms with E-state index in [0.29, 0.717) is 29.7 Å². The summed E-state index contributed by atoms with van der Waals surface area (Å²) in [5.41, 5.74) is 4.28. The monoisotopic (exact) mass is 526 g/mol. The first kappa shape index (κ1) is 26.2. The van der Waals surface area contributed by atoms with Gasteiger partial charge in [-0.25, -0.2) is 9.97 Å². The fraction of sp³-hybridized carbons (Fsp3) is 0.300. The third-order valence-electron chi connectivity index (χ3n) is 6.71. The molecule has 2 heterocycles. The van der Waals surface area contributed by atoms with Gasteiger partial charge >= 0.3 is 0 Å². The first-order valence-electron chi connectivity index (χ1n) is 13.3. The molecule has 39 heavy (non-hydrogen) atoms. The highest BCUT2D eigenvalue weighted by Gasteiger charge is 2.20. The van der Waals surface area contributed by atoms with E-state index in [-0.39, 0.29) is 11.9 Å². The average Bonchev–Trinajstić information content (AvgIpc) is 2.97. The Hall–Kier alpha value is -4.37. The van der Waals surface area contributed by atoms with E-state index >= 15 is 0 Å². The van der Waals surface area contributed by atoms with Crippen LogP contribution in [0.4, 0.5) is 23.0 Å². The minimum absolute atomic E-state index is 0.0290. The molecule has 1 aliphatic heterocycles. The number of aromatic nitrogens is 2. The quantitative estimate of drug-likeness (QED) is 0.225. The van der Waals surface area contributed by atoms with Crippen LogP contribution >= 0.6 is 0 Å². The van der Waals surface area contributed by atoms with Crippen LogP contribution in [0, 0.1) is 0 Å². The predicted molar refractivity (Wildman–Crippen MR) is 155 cm³/mol. The van der Waals surface area contributed by atoms with Crippen LogP contribution in [0.1, 0.15) is 24.8 Å². The number of nitrogens with zero attached hydrogens (tertiary/aromatic N) is 2. The van der Waals surface area contributed by atoms with Crippen molar-refractivity contribution in [2.24, 2.45) is 0 Å². The summed E-state index contributed by atoms with van der Waals surface area (Å²) in [7, 11) is 3.24. The van der Waals surface area contributed by atoms with Crippen LogP contribution in [-0.4, -0.2) is 49.2 Å². The lowest BCUT2D eigenvalue weighted by molar-refractivity contribution is -0.118. The summed E-state index contributed by atoms with van der Waals surface area (Å²) >= 11 is 0.